The highest BCUT2D eigenvalue weighted by atomic mass is 29.2. The van der Waals surface area contributed by atoms with Crippen LogP contribution in [0.25, 0.3) is 0 Å². The van der Waals surface area contributed by atoms with Crippen molar-refractivity contribution in [3.05, 3.63) is 0 Å². The van der Waals surface area contributed by atoms with Crippen molar-refractivity contribution in [3.63, 3.8) is 0 Å². The summed E-state index contributed by atoms with van der Waals surface area (Å²) in [5.74, 6) is 0. The standard InChI is InChI=1S/C4H8Si4/c5-7-1-2-8(6,3-7)4-7/h1-4H2. The summed E-state index contributed by atoms with van der Waals surface area (Å²) in [5, 5.41) is 0. The molecule has 0 N–H and O–H groups in total. The van der Waals surface area contributed by atoms with Crippen LogP contribution in [0.5, 0.6) is 0 Å². The van der Waals surface area contributed by atoms with Crippen LogP contribution in [0.1, 0.15) is 0 Å². The van der Waals surface area contributed by atoms with E-state index >= 15 is 0 Å². The molecule has 0 atom stereocenters. The largest absolute Gasteiger partial charge is 0.0663 e. The van der Waals surface area contributed by atoms with E-state index in [1.54, 1.807) is 23.4 Å². The Morgan fingerprint density at radius 3 is 1.38 bits per heavy atom. The topological polar surface area (TPSA) is 0 Å². The first-order valence-corrected chi connectivity index (χ1v) is 11.4. The highest BCUT2D eigenvalue weighted by molar-refractivity contribution is 7.45. The second kappa shape index (κ2) is 1.30. The van der Waals surface area contributed by atoms with Gasteiger partial charge in [0, 0.05) is 34.7 Å². The Labute approximate surface area is 58.5 Å². The molecule has 3 aliphatic heterocycles. The summed E-state index contributed by atoms with van der Waals surface area (Å²) in [5.41, 5.74) is 3.24. The molecule has 2 bridgehead atoms. The maximum atomic E-state index is 3.93. The van der Waals surface area contributed by atoms with Crippen molar-refractivity contribution in [2.45, 2.75) is 23.4 Å². The van der Waals surface area contributed by atoms with E-state index in [2.05, 4.69) is 19.5 Å². The van der Waals surface area contributed by atoms with Gasteiger partial charge in [-0.1, -0.05) is 23.4 Å². The molecule has 3 fully saturated rings. The van der Waals surface area contributed by atoms with Crippen LogP contribution < -0.4 is 0 Å². The highest BCUT2D eigenvalue weighted by Gasteiger charge is 2.57. The van der Waals surface area contributed by atoms with E-state index in [1.807, 2.05) is 0 Å². The lowest BCUT2D eigenvalue weighted by atomic mass is 11.0. The number of hydrogen-bond acceptors (Lipinski definition) is 0. The third-order valence-electron chi connectivity index (χ3n) is 2.44. The summed E-state index contributed by atoms with van der Waals surface area (Å²) in [6.07, 6.45) is 0. The van der Waals surface area contributed by atoms with E-state index in [4.69, 9.17) is 0 Å². The summed E-state index contributed by atoms with van der Waals surface area (Å²) in [6.45, 7) is 0. The molecule has 3 rings (SSSR count). The van der Waals surface area contributed by atoms with Crippen LogP contribution in [0.4, 0.5) is 0 Å². The van der Waals surface area contributed by atoms with E-state index in [0.717, 1.165) is 0 Å². The molecule has 0 saturated carbocycles. The molecular formula is C4H8Si4. The number of rotatable bonds is 0. The number of hydrogen-bond donors (Lipinski definition) is 0. The van der Waals surface area contributed by atoms with Gasteiger partial charge in [-0.2, -0.15) is 0 Å². The fraction of sp³-hybridized carbons (Fsp3) is 1.00. The van der Waals surface area contributed by atoms with Crippen LogP contribution in [0, 0.1) is 0 Å². The molecule has 0 aromatic carbocycles. The summed E-state index contributed by atoms with van der Waals surface area (Å²) >= 11 is 0. The molecule has 3 aliphatic rings. The van der Waals surface area contributed by atoms with E-state index in [0.29, 0.717) is 0 Å². The van der Waals surface area contributed by atoms with Gasteiger partial charge < -0.3 is 0 Å². The van der Waals surface area contributed by atoms with Crippen molar-refractivity contribution >= 4 is 34.7 Å². The minimum absolute atomic E-state index is 0.650. The van der Waals surface area contributed by atoms with Crippen molar-refractivity contribution in [2.75, 3.05) is 0 Å². The quantitative estimate of drug-likeness (QED) is 0.457. The molecule has 0 aromatic rings. The maximum absolute atomic E-state index is 3.93. The Morgan fingerprint density at radius 1 is 0.875 bits per heavy atom. The monoisotopic (exact) mass is 168 g/mol. The lowest BCUT2D eigenvalue weighted by Gasteiger charge is -2.40. The van der Waals surface area contributed by atoms with Gasteiger partial charge in [-0.3, -0.25) is 0 Å². The Balaban J connectivity index is 2.22. The molecule has 0 aliphatic carbocycles. The van der Waals surface area contributed by atoms with Crippen molar-refractivity contribution in [1.82, 2.24) is 0 Å². The highest BCUT2D eigenvalue weighted by Crippen LogP contribution is 2.50. The normalized spacial score (nSPS) is 60.8. The summed E-state index contributed by atoms with van der Waals surface area (Å²) in [4.78, 5) is 0. The third-order valence-corrected chi connectivity index (χ3v) is 24.0. The zero-order valence-electron chi connectivity index (χ0n) is 4.83. The molecule has 6 radical (unpaired) electrons. The number of fused-ring (bicyclic) bond motifs is 1. The molecule has 0 unspecified atom stereocenters. The van der Waals surface area contributed by atoms with Gasteiger partial charge in [0.1, 0.15) is 0 Å². The zero-order valence-corrected chi connectivity index (χ0v) is 8.83. The van der Waals surface area contributed by atoms with Crippen LogP contribution in [-0.2, 0) is 0 Å². The second-order valence-electron chi connectivity index (χ2n) is 3.41. The lowest BCUT2D eigenvalue weighted by molar-refractivity contribution is 1.45. The molecular weight excluding hydrogens is 160 g/mol. The predicted octanol–water partition coefficient (Wildman–Crippen LogP) is 0.320. The Hall–Kier alpha value is 0.868. The van der Waals surface area contributed by atoms with Crippen LogP contribution in [0.3, 0.4) is 0 Å². The van der Waals surface area contributed by atoms with Crippen molar-refractivity contribution in [3.8, 4) is 0 Å². The molecule has 3 saturated heterocycles. The molecule has 8 heavy (non-hydrogen) atoms. The van der Waals surface area contributed by atoms with Gasteiger partial charge in [0.15, 0.2) is 0 Å². The van der Waals surface area contributed by atoms with Gasteiger partial charge in [-0.15, -0.1) is 0 Å². The van der Waals surface area contributed by atoms with Gasteiger partial charge in [-0.25, -0.2) is 0 Å². The molecule has 0 amide bonds. The smallest absolute Gasteiger partial charge is 0.0322 e. The lowest BCUT2D eigenvalue weighted by Crippen LogP contribution is -2.55. The maximum Gasteiger partial charge on any atom is 0.0322 e. The summed E-state index contributed by atoms with van der Waals surface area (Å²) < 4.78 is 0. The average Bonchev–Trinajstić information content (AvgIpc) is 1.88. The SMILES string of the molecule is [Si][Si]12CC[Si]([Si])(C1)C2. The first-order valence-electron chi connectivity index (χ1n) is 3.12. The van der Waals surface area contributed by atoms with E-state index < -0.39 is 15.2 Å². The Morgan fingerprint density at radius 2 is 1.25 bits per heavy atom. The minimum Gasteiger partial charge on any atom is -0.0663 e. The first kappa shape index (κ1) is 5.64. The fourth-order valence-electron chi connectivity index (χ4n) is 2.08. The van der Waals surface area contributed by atoms with E-state index in [9.17, 15) is 0 Å². The Kier molecular flexibility index (Phi) is 0.919. The molecule has 0 spiro atoms. The second-order valence-corrected chi connectivity index (χ2v) is 18.7. The first-order chi connectivity index (χ1) is 3.62. The van der Waals surface area contributed by atoms with Crippen molar-refractivity contribution < 1.29 is 0 Å². The van der Waals surface area contributed by atoms with Crippen molar-refractivity contribution in [2.24, 2.45) is 0 Å². The van der Waals surface area contributed by atoms with Gasteiger partial charge in [0.25, 0.3) is 0 Å². The molecule has 3 heterocycles. The summed E-state index contributed by atoms with van der Waals surface area (Å²) in [7, 11) is 6.57. The molecule has 40 valence electrons. The Bertz CT molecular complexity index is 112. The van der Waals surface area contributed by atoms with E-state index in [-0.39, 0.29) is 0 Å². The predicted molar refractivity (Wildman–Crippen MR) is 42.2 cm³/mol. The fourth-order valence-corrected chi connectivity index (χ4v) is 36.3. The van der Waals surface area contributed by atoms with Gasteiger partial charge in [0.05, 0.1) is 0 Å². The molecule has 4 heteroatoms. The van der Waals surface area contributed by atoms with Crippen LogP contribution >= 0.6 is 0 Å². The summed E-state index contributed by atoms with van der Waals surface area (Å²) in [6, 6.07) is 3.14. The minimum atomic E-state index is -0.650. The zero-order chi connectivity index (χ0) is 5.83. The molecule has 0 nitrogen and oxygen atoms in total. The molecule has 0 aromatic heterocycles. The van der Waals surface area contributed by atoms with Gasteiger partial charge in [-0.05, 0) is 0 Å². The van der Waals surface area contributed by atoms with Gasteiger partial charge >= 0.3 is 0 Å². The van der Waals surface area contributed by atoms with Crippen LogP contribution in [0.15, 0.2) is 0 Å². The van der Waals surface area contributed by atoms with Crippen molar-refractivity contribution in [1.29, 1.82) is 0 Å². The van der Waals surface area contributed by atoms with Crippen LogP contribution in [-0.4, -0.2) is 34.7 Å². The van der Waals surface area contributed by atoms with Gasteiger partial charge in [0.2, 0.25) is 0 Å². The van der Waals surface area contributed by atoms with E-state index in [1.165, 1.54) is 0 Å². The van der Waals surface area contributed by atoms with Crippen LogP contribution in [0.2, 0.25) is 23.4 Å². The third kappa shape index (κ3) is 0.599. The average molecular weight is 168 g/mol.